The van der Waals surface area contributed by atoms with Crippen molar-refractivity contribution < 1.29 is 42.9 Å². The standard InChI is InChI=1S/C82H133NO8/c1-6-8-10-12-14-16-18-20-22-24-26-28-30-32-34-36-37-38-39-40-41-42-43-45-47-49-51-53-55-57-59-61-63-65-67-69-71-73-80(85)91-78(77-90-82(81(86)87)88-75-74-83(3,4)5)76-89-79(84)72-70-68-66-64-62-60-58-56-54-52-50-48-46-44-35-33-31-29-27-25-23-21-19-17-15-13-11-9-7-2/h8-11,14-17,20-23,26-29,32-35,37-38,40-41,46,48,52,54,78,82H,6-7,12-13,18-19,24-25,30-31,36,39,42-45,47,49-51,53,55-77H2,1-5H3/b10-8-,11-9-,16-14-,17-15-,22-20-,23-21-,28-26-,29-27-,34-32-,35-33-,38-37-,41-40-,48-46-,54-52-. The number of ether oxygens (including phenoxy) is 4. The molecule has 2 unspecified atom stereocenters. The second-order valence-electron chi connectivity index (χ2n) is 24.8. The zero-order chi connectivity index (χ0) is 66.1. The monoisotopic (exact) mass is 1260 g/mol. The predicted molar refractivity (Wildman–Crippen MR) is 388 cm³/mol. The van der Waals surface area contributed by atoms with Crippen molar-refractivity contribution in [2.75, 3.05) is 47.5 Å². The lowest BCUT2D eigenvalue weighted by molar-refractivity contribution is -0.870. The summed E-state index contributed by atoms with van der Waals surface area (Å²) in [6.45, 7) is 4.50. The molecular weight excluding hydrogens is 1130 g/mol. The van der Waals surface area contributed by atoms with Gasteiger partial charge in [0.15, 0.2) is 12.4 Å². The Bertz CT molecular complexity index is 2100. The normalized spacial score (nSPS) is 13.7. The van der Waals surface area contributed by atoms with Crippen LogP contribution in [0.3, 0.4) is 0 Å². The fourth-order valence-electron chi connectivity index (χ4n) is 9.50. The Hall–Kier alpha value is -5.35. The number of nitrogens with zero attached hydrogens (tertiary/aromatic N) is 1. The van der Waals surface area contributed by atoms with Gasteiger partial charge in [-0.3, -0.25) is 9.59 Å². The molecule has 0 fully saturated rings. The number of carboxylic acids is 1. The molecule has 0 N–H and O–H groups in total. The largest absolute Gasteiger partial charge is 0.545 e. The van der Waals surface area contributed by atoms with Gasteiger partial charge in [0.05, 0.1) is 40.3 Å². The van der Waals surface area contributed by atoms with Gasteiger partial charge in [-0.1, -0.05) is 300 Å². The Morgan fingerprint density at radius 2 is 0.593 bits per heavy atom. The van der Waals surface area contributed by atoms with Gasteiger partial charge in [-0.2, -0.15) is 0 Å². The summed E-state index contributed by atoms with van der Waals surface area (Å²) >= 11 is 0. The minimum Gasteiger partial charge on any atom is -0.545 e. The van der Waals surface area contributed by atoms with E-state index in [1.165, 1.54) is 96.3 Å². The molecule has 0 spiro atoms. The number of carbonyl (C=O) groups excluding carboxylic acids is 3. The molecule has 514 valence electrons. The number of quaternary nitrogens is 1. The van der Waals surface area contributed by atoms with Crippen molar-refractivity contribution in [3.05, 3.63) is 170 Å². The summed E-state index contributed by atoms with van der Waals surface area (Å²) in [6.07, 6.45) is 103. The maximum Gasteiger partial charge on any atom is 0.306 e. The molecule has 9 heteroatoms. The van der Waals surface area contributed by atoms with Gasteiger partial charge in [0, 0.05) is 12.8 Å². The second kappa shape index (κ2) is 70.5. The van der Waals surface area contributed by atoms with Gasteiger partial charge in [0.2, 0.25) is 0 Å². The highest BCUT2D eigenvalue weighted by atomic mass is 16.7. The third kappa shape index (κ3) is 71.9. The van der Waals surface area contributed by atoms with Crippen molar-refractivity contribution >= 4 is 17.9 Å². The molecule has 0 saturated carbocycles. The molecular formula is C82H133NO8. The number of carbonyl (C=O) groups is 3. The number of rotatable bonds is 65. The van der Waals surface area contributed by atoms with Gasteiger partial charge >= 0.3 is 11.9 Å². The topological polar surface area (TPSA) is 111 Å². The van der Waals surface area contributed by atoms with Crippen LogP contribution in [0.25, 0.3) is 0 Å². The minimum atomic E-state index is -1.64. The number of carboxylic acid groups (broad SMARTS) is 1. The maximum atomic E-state index is 13.0. The van der Waals surface area contributed by atoms with Crippen LogP contribution in [0.5, 0.6) is 0 Å². The van der Waals surface area contributed by atoms with Crippen LogP contribution >= 0.6 is 0 Å². The first kappa shape index (κ1) is 85.7. The van der Waals surface area contributed by atoms with Crippen molar-refractivity contribution in [1.82, 2.24) is 0 Å². The third-order valence-corrected chi connectivity index (χ3v) is 15.0. The molecule has 0 aliphatic rings. The minimum absolute atomic E-state index is 0.138. The first-order valence-electron chi connectivity index (χ1n) is 36.3. The SMILES string of the molecule is CC/C=C\C/C=C\C/C=C\C/C=C\C/C=C\C/C=C\C/C=C\CCCCCCCCCCCCCCCCCC(=O)OC(COC(=O)CCCCCCCCC/C=C\C/C=C\C/C=C\C/C=C\C/C=C\C/C=C\C/C=C\CC)COC(OCC[N+](C)(C)C)C(=O)[O-]. The Morgan fingerprint density at radius 1 is 0.330 bits per heavy atom. The van der Waals surface area contributed by atoms with Crippen LogP contribution in [0.4, 0.5) is 0 Å². The number of esters is 2. The molecule has 0 aromatic rings. The zero-order valence-electron chi connectivity index (χ0n) is 58.6. The number of hydrogen-bond donors (Lipinski definition) is 0. The first-order chi connectivity index (χ1) is 44.6. The number of allylic oxidation sites excluding steroid dienone is 28. The maximum absolute atomic E-state index is 13.0. The fraction of sp³-hybridized carbons (Fsp3) is 0.622. The number of aliphatic carboxylic acids is 1. The third-order valence-electron chi connectivity index (χ3n) is 15.0. The summed E-state index contributed by atoms with van der Waals surface area (Å²) in [5.74, 6) is -2.31. The number of unbranched alkanes of at least 4 members (excludes halogenated alkanes) is 22. The Balaban J connectivity index is 4.16. The van der Waals surface area contributed by atoms with E-state index in [0.29, 0.717) is 17.4 Å². The van der Waals surface area contributed by atoms with E-state index in [9.17, 15) is 19.5 Å². The molecule has 0 rings (SSSR count). The smallest absolute Gasteiger partial charge is 0.306 e. The van der Waals surface area contributed by atoms with Crippen LogP contribution in [-0.2, 0) is 33.3 Å². The highest BCUT2D eigenvalue weighted by molar-refractivity contribution is 5.70. The molecule has 2 atom stereocenters. The molecule has 0 heterocycles. The van der Waals surface area contributed by atoms with Gasteiger partial charge in [-0.05, 0) is 128 Å². The van der Waals surface area contributed by atoms with Gasteiger partial charge in [0.25, 0.3) is 0 Å². The summed E-state index contributed by atoms with van der Waals surface area (Å²) in [4.78, 5) is 37.5. The summed E-state index contributed by atoms with van der Waals surface area (Å²) < 4.78 is 22.8. The van der Waals surface area contributed by atoms with Gasteiger partial charge in [0.1, 0.15) is 13.2 Å². The van der Waals surface area contributed by atoms with E-state index in [-0.39, 0.29) is 38.6 Å². The molecule has 0 amide bonds. The van der Waals surface area contributed by atoms with Gasteiger partial charge < -0.3 is 33.3 Å². The van der Waals surface area contributed by atoms with Crippen LogP contribution in [0.15, 0.2) is 170 Å². The van der Waals surface area contributed by atoms with E-state index in [1.54, 1.807) is 0 Å². The summed E-state index contributed by atoms with van der Waals surface area (Å²) in [5.41, 5.74) is 0. The van der Waals surface area contributed by atoms with E-state index in [0.717, 1.165) is 141 Å². The lowest BCUT2D eigenvalue weighted by Crippen LogP contribution is -2.44. The number of likely N-dealkylation sites (N-methyl/N-ethyl adjacent to an activating group) is 1. The molecule has 0 saturated heterocycles. The average molecular weight is 1260 g/mol. The van der Waals surface area contributed by atoms with Crippen molar-refractivity contribution in [3.8, 4) is 0 Å². The summed E-state index contributed by atoms with van der Waals surface area (Å²) in [5, 5.41) is 11.8. The van der Waals surface area contributed by atoms with Crippen molar-refractivity contribution in [2.24, 2.45) is 0 Å². The Kier molecular flexibility index (Phi) is 66.4. The molecule has 0 aliphatic heterocycles. The molecule has 0 radical (unpaired) electrons. The fourth-order valence-corrected chi connectivity index (χ4v) is 9.50. The molecule has 91 heavy (non-hydrogen) atoms. The first-order valence-corrected chi connectivity index (χ1v) is 36.3. The van der Waals surface area contributed by atoms with Crippen LogP contribution < -0.4 is 5.11 Å². The Labute approximate surface area is 558 Å². The summed E-state index contributed by atoms with van der Waals surface area (Å²) in [6, 6.07) is 0. The van der Waals surface area contributed by atoms with Crippen LogP contribution in [0, 0.1) is 0 Å². The highest BCUT2D eigenvalue weighted by Crippen LogP contribution is 2.16. The molecule has 0 aliphatic carbocycles. The lowest BCUT2D eigenvalue weighted by Gasteiger charge is -2.26. The van der Waals surface area contributed by atoms with E-state index in [2.05, 4.69) is 184 Å². The van der Waals surface area contributed by atoms with E-state index >= 15 is 0 Å². The second-order valence-corrected chi connectivity index (χ2v) is 24.8. The lowest BCUT2D eigenvalue weighted by atomic mass is 10.0. The van der Waals surface area contributed by atoms with Crippen molar-refractivity contribution in [3.63, 3.8) is 0 Å². The molecule has 0 aromatic heterocycles. The molecule has 0 aromatic carbocycles. The molecule has 9 nitrogen and oxygen atoms in total. The molecule has 0 bridgehead atoms. The van der Waals surface area contributed by atoms with Crippen LogP contribution in [-0.4, -0.2) is 82.3 Å². The summed E-state index contributed by atoms with van der Waals surface area (Å²) in [7, 11) is 5.92. The van der Waals surface area contributed by atoms with Gasteiger partial charge in [-0.15, -0.1) is 0 Å². The van der Waals surface area contributed by atoms with Crippen LogP contribution in [0.2, 0.25) is 0 Å². The van der Waals surface area contributed by atoms with Crippen molar-refractivity contribution in [2.45, 2.75) is 283 Å². The van der Waals surface area contributed by atoms with Crippen molar-refractivity contribution in [1.29, 1.82) is 0 Å². The quantitative estimate of drug-likeness (QED) is 0.0195. The Morgan fingerprint density at radius 3 is 0.879 bits per heavy atom. The average Bonchev–Trinajstić information content (AvgIpc) is 3.50. The predicted octanol–water partition coefficient (Wildman–Crippen LogP) is 21.7. The highest BCUT2D eigenvalue weighted by Gasteiger charge is 2.22. The van der Waals surface area contributed by atoms with E-state index in [4.69, 9.17) is 18.9 Å². The van der Waals surface area contributed by atoms with E-state index in [1.807, 2.05) is 21.1 Å². The van der Waals surface area contributed by atoms with E-state index < -0.39 is 24.3 Å². The zero-order valence-corrected chi connectivity index (χ0v) is 58.6. The number of hydrogen-bond acceptors (Lipinski definition) is 8. The van der Waals surface area contributed by atoms with Gasteiger partial charge in [-0.25, -0.2) is 0 Å². The van der Waals surface area contributed by atoms with Crippen LogP contribution in [0.1, 0.15) is 271 Å².